The highest BCUT2D eigenvalue weighted by molar-refractivity contribution is 7.99. The number of hydrogen-bond donors (Lipinski definition) is 1. The van der Waals surface area contributed by atoms with E-state index in [4.69, 9.17) is 15.2 Å². The van der Waals surface area contributed by atoms with Crippen LogP contribution in [0.25, 0.3) is 0 Å². The van der Waals surface area contributed by atoms with Gasteiger partial charge in [0, 0.05) is 18.5 Å². The molecule has 1 heterocycles. The van der Waals surface area contributed by atoms with E-state index in [9.17, 15) is 4.79 Å². The standard InChI is InChI=1S/C16H23NO3S/c1-19-15(18)16(17,13-5-3-2-4-6-13)9-12-21-14-7-10-20-11-8-14/h2-6,14H,7-12,17H2,1H3. The minimum absolute atomic E-state index is 0.374. The molecular weight excluding hydrogens is 286 g/mol. The third-order valence-corrected chi connectivity index (χ3v) is 5.24. The number of ether oxygens (including phenoxy) is 2. The number of carbonyl (C=O) groups excluding carboxylic acids is 1. The second-order valence-electron chi connectivity index (χ2n) is 5.26. The van der Waals surface area contributed by atoms with E-state index in [-0.39, 0.29) is 5.97 Å². The summed E-state index contributed by atoms with van der Waals surface area (Å²) in [6.45, 7) is 1.67. The lowest BCUT2D eigenvalue weighted by Crippen LogP contribution is -2.46. The van der Waals surface area contributed by atoms with Crippen LogP contribution in [0.1, 0.15) is 24.8 Å². The fraction of sp³-hybridized carbons (Fsp3) is 0.562. The van der Waals surface area contributed by atoms with Crippen LogP contribution in [0.4, 0.5) is 0 Å². The van der Waals surface area contributed by atoms with Crippen LogP contribution >= 0.6 is 11.8 Å². The summed E-state index contributed by atoms with van der Waals surface area (Å²) in [7, 11) is 1.39. The van der Waals surface area contributed by atoms with Crippen molar-refractivity contribution >= 4 is 17.7 Å². The molecule has 1 aliphatic rings. The maximum absolute atomic E-state index is 12.1. The number of methoxy groups -OCH3 is 1. The number of thioether (sulfide) groups is 1. The summed E-state index contributed by atoms with van der Waals surface area (Å²) in [6, 6.07) is 9.47. The SMILES string of the molecule is COC(=O)C(N)(CCSC1CCOCC1)c1ccccc1. The van der Waals surface area contributed by atoms with Gasteiger partial charge in [-0.3, -0.25) is 0 Å². The second-order valence-corrected chi connectivity index (χ2v) is 6.67. The zero-order valence-corrected chi connectivity index (χ0v) is 13.2. The Bertz CT molecular complexity index is 448. The molecule has 5 heteroatoms. The van der Waals surface area contributed by atoms with Gasteiger partial charge in [-0.2, -0.15) is 11.8 Å². The van der Waals surface area contributed by atoms with E-state index in [2.05, 4.69) is 0 Å². The Balaban J connectivity index is 1.98. The molecular formula is C16H23NO3S. The fourth-order valence-corrected chi connectivity index (χ4v) is 3.81. The van der Waals surface area contributed by atoms with E-state index in [1.807, 2.05) is 42.1 Å². The molecule has 21 heavy (non-hydrogen) atoms. The van der Waals surface area contributed by atoms with E-state index >= 15 is 0 Å². The Labute approximate surface area is 130 Å². The lowest BCUT2D eigenvalue weighted by Gasteiger charge is -2.28. The molecule has 0 aromatic heterocycles. The predicted molar refractivity (Wildman–Crippen MR) is 85.2 cm³/mol. The monoisotopic (exact) mass is 309 g/mol. The van der Waals surface area contributed by atoms with Gasteiger partial charge in [-0.1, -0.05) is 30.3 Å². The van der Waals surface area contributed by atoms with Gasteiger partial charge in [0.25, 0.3) is 0 Å². The van der Waals surface area contributed by atoms with Crippen molar-refractivity contribution in [2.45, 2.75) is 30.1 Å². The highest BCUT2D eigenvalue weighted by atomic mass is 32.2. The van der Waals surface area contributed by atoms with Gasteiger partial charge >= 0.3 is 5.97 Å². The zero-order valence-electron chi connectivity index (χ0n) is 12.4. The van der Waals surface area contributed by atoms with Gasteiger partial charge in [-0.25, -0.2) is 4.79 Å². The molecule has 0 aliphatic carbocycles. The van der Waals surface area contributed by atoms with E-state index in [0.29, 0.717) is 11.7 Å². The number of hydrogen-bond acceptors (Lipinski definition) is 5. The fourth-order valence-electron chi connectivity index (χ4n) is 2.51. The van der Waals surface area contributed by atoms with Crippen molar-refractivity contribution < 1.29 is 14.3 Å². The topological polar surface area (TPSA) is 61.5 Å². The molecule has 2 N–H and O–H groups in total. The van der Waals surface area contributed by atoms with Crippen molar-refractivity contribution in [3.63, 3.8) is 0 Å². The molecule has 4 nitrogen and oxygen atoms in total. The molecule has 0 radical (unpaired) electrons. The lowest BCUT2D eigenvalue weighted by molar-refractivity contribution is -0.147. The first-order valence-electron chi connectivity index (χ1n) is 7.29. The molecule has 1 fully saturated rings. The van der Waals surface area contributed by atoms with Crippen molar-refractivity contribution in [2.24, 2.45) is 5.73 Å². The lowest BCUT2D eigenvalue weighted by atomic mass is 9.88. The van der Waals surface area contributed by atoms with Crippen LogP contribution in [0.15, 0.2) is 30.3 Å². The molecule has 0 bridgehead atoms. The Morgan fingerprint density at radius 2 is 2.05 bits per heavy atom. The van der Waals surface area contributed by atoms with Gasteiger partial charge in [0.1, 0.15) is 5.54 Å². The first kappa shape index (κ1) is 16.3. The smallest absolute Gasteiger partial charge is 0.330 e. The third-order valence-electron chi connectivity index (χ3n) is 3.86. The maximum Gasteiger partial charge on any atom is 0.330 e. The van der Waals surface area contributed by atoms with Crippen LogP contribution in [0.5, 0.6) is 0 Å². The number of nitrogens with two attached hydrogens (primary N) is 1. The van der Waals surface area contributed by atoms with Gasteiger partial charge in [-0.05, 0) is 30.6 Å². The average molecular weight is 309 g/mol. The zero-order chi connectivity index (χ0) is 15.1. The summed E-state index contributed by atoms with van der Waals surface area (Å²) in [5, 5.41) is 0.608. The Kier molecular flexibility index (Phi) is 6.08. The molecule has 0 saturated carbocycles. The van der Waals surface area contributed by atoms with Crippen LogP contribution in [-0.4, -0.2) is 37.3 Å². The van der Waals surface area contributed by atoms with Crippen molar-refractivity contribution in [1.82, 2.24) is 0 Å². The van der Waals surface area contributed by atoms with Gasteiger partial charge in [0.05, 0.1) is 7.11 Å². The maximum atomic E-state index is 12.1. The van der Waals surface area contributed by atoms with Gasteiger partial charge in [0.15, 0.2) is 0 Å². The van der Waals surface area contributed by atoms with E-state index in [1.165, 1.54) is 7.11 Å². The van der Waals surface area contributed by atoms with Crippen LogP contribution in [0.2, 0.25) is 0 Å². The van der Waals surface area contributed by atoms with E-state index < -0.39 is 5.54 Å². The number of benzene rings is 1. The second kappa shape index (κ2) is 7.82. The van der Waals surface area contributed by atoms with Crippen molar-refractivity contribution in [3.8, 4) is 0 Å². The molecule has 1 atom stereocenters. The van der Waals surface area contributed by atoms with Crippen molar-refractivity contribution in [1.29, 1.82) is 0 Å². The molecule has 1 aliphatic heterocycles. The third kappa shape index (κ3) is 4.22. The Morgan fingerprint density at radius 3 is 2.67 bits per heavy atom. The van der Waals surface area contributed by atoms with Gasteiger partial charge in [0.2, 0.25) is 0 Å². The van der Waals surface area contributed by atoms with Crippen LogP contribution < -0.4 is 5.73 Å². The minimum Gasteiger partial charge on any atom is -0.467 e. The van der Waals surface area contributed by atoms with Gasteiger partial charge in [-0.15, -0.1) is 0 Å². The molecule has 2 rings (SSSR count). The van der Waals surface area contributed by atoms with Gasteiger partial charge < -0.3 is 15.2 Å². The number of esters is 1. The number of rotatable bonds is 6. The normalized spacial score (nSPS) is 19.0. The number of carbonyl (C=O) groups is 1. The highest BCUT2D eigenvalue weighted by Gasteiger charge is 2.36. The molecule has 0 spiro atoms. The Hall–Kier alpha value is -1.04. The summed E-state index contributed by atoms with van der Waals surface area (Å²) in [5.41, 5.74) is 6.12. The summed E-state index contributed by atoms with van der Waals surface area (Å²) in [4.78, 5) is 12.1. The van der Waals surface area contributed by atoms with Crippen molar-refractivity contribution in [3.05, 3.63) is 35.9 Å². The average Bonchev–Trinajstić information content (AvgIpc) is 2.55. The first-order chi connectivity index (χ1) is 10.2. The largest absolute Gasteiger partial charge is 0.467 e. The minimum atomic E-state index is -1.06. The Morgan fingerprint density at radius 1 is 1.38 bits per heavy atom. The summed E-state index contributed by atoms with van der Waals surface area (Å²) >= 11 is 1.88. The quantitative estimate of drug-likeness (QED) is 0.817. The molecule has 1 unspecified atom stereocenters. The van der Waals surface area contributed by atoms with E-state index in [1.54, 1.807) is 0 Å². The summed E-state index contributed by atoms with van der Waals surface area (Å²) < 4.78 is 10.3. The van der Waals surface area contributed by atoms with Crippen LogP contribution in [-0.2, 0) is 19.8 Å². The van der Waals surface area contributed by atoms with Crippen LogP contribution in [0.3, 0.4) is 0 Å². The first-order valence-corrected chi connectivity index (χ1v) is 8.34. The highest BCUT2D eigenvalue weighted by Crippen LogP contribution is 2.29. The molecule has 1 saturated heterocycles. The van der Waals surface area contributed by atoms with Crippen LogP contribution in [0, 0.1) is 0 Å². The summed E-state index contributed by atoms with van der Waals surface area (Å²) in [6.07, 6.45) is 2.73. The molecule has 116 valence electrons. The molecule has 0 amide bonds. The molecule has 1 aromatic rings. The van der Waals surface area contributed by atoms with E-state index in [0.717, 1.165) is 37.4 Å². The predicted octanol–water partition coefficient (Wildman–Crippen LogP) is 2.32. The molecule has 1 aromatic carbocycles. The van der Waals surface area contributed by atoms with Crippen molar-refractivity contribution in [2.75, 3.05) is 26.1 Å². The summed E-state index contributed by atoms with van der Waals surface area (Å²) in [5.74, 6) is 0.465.